The largest absolute Gasteiger partial charge is 0.293 e. The van der Waals surface area contributed by atoms with Crippen LogP contribution in [0.3, 0.4) is 0 Å². The first-order valence-electron chi connectivity index (χ1n) is 9.86. The van der Waals surface area contributed by atoms with Gasteiger partial charge in [-0.3, -0.25) is 4.90 Å². The molecule has 0 radical (unpaired) electrons. The minimum Gasteiger partial charge on any atom is -0.293 e. The van der Waals surface area contributed by atoms with Gasteiger partial charge in [-0.1, -0.05) is 23.8 Å². The van der Waals surface area contributed by atoms with Crippen molar-refractivity contribution in [1.29, 1.82) is 0 Å². The van der Waals surface area contributed by atoms with Crippen LogP contribution in [0.25, 0.3) is 10.7 Å². The molecule has 9 heteroatoms. The Labute approximate surface area is 189 Å². The summed E-state index contributed by atoms with van der Waals surface area (Å²) in [6.07, 6.45) is 4.45. The van der Waals surface area contributed by atoms with E-state index in [4.69, 9.17) is 4.98 Å². The Hall–Kier alpha value is -2.46. The van der Waals surface area contributed by atoms with Gasteiger partial charge in [-0.2, -0.15) is 0 Å². The zero-order chi connectivity index (χ0) is 21.4. The first-order chi connectivity index (χ1) is 15.0. The molecule has 4 heterocycles. The highest BCUT2D eigenvalue weighted by molar-refractivity contribution is 7.93. The number of aromatic nitrogens is 3. The number of thiophene rings is 1. The van der Waals surface area contributed by atoms with Crippen molar-refractivity contribution in [2.24, 2.45) is 0 Å². The van der Waals surface area contributed by atoms with Crippen molar-refractivity contribution in [1.82, 2.24) is 19.9 Å². The second-order valence-electron chi connectivity index (χ2n) is 7.51. The minimum atomic E-state index is -3.58. The van der Waals surface area contributed by atoms with E-state index in [2.05, 4.69) is 14.9 Å². The van der Waals surface area contributed by atoms with Crippen LogP contribution in [-0.4, -0.2) is 34.8 Å². The molecule has 31 heavy (non-hydrogen) atoms. The molecule has 0 atom stereocenters. The van der Waals surface area contributed by atoms with E-state index in [9.17, 15) is 8.42 Å². The Bertz CT molecular complexity index is 1310. The van der Waals surface area contributed by atoms with Gasteiger partial charge in [0.2, 0.25) is 14.2 Å². The monoisotopic (exact) mass is 468 g/mol. The third kappa shape index (κ3) is 4.18. The van der Waals surface area contributed by atoms with Crippen LogP contribution in [0.1, 0.15) is 21.7 Å². The van der Waals surface area contributed by atoms with E-state index in [1.54, 1.807) is 41.8 Å². The number of hydrogen-bond donors (Lipinski definition) is 0. The Morgan fingerprint density at radius 3 is 2.71 bits per heavy atom. The lowest BCUT2D eigenvalue weighted by Gasteiger charge is -2.27. The van der Waals surface area contributed by atoms with Crippen molar-refractivity contribution in [2.45, 2.75) is 35.7 Å². The van der Waals surface area contributed by atoms with Gasteiger partial charge >= 0.3 is 0 Å². The minimum absolute atomic E-state index is 0.146. The number of sulfone groups is 1. The fourth-order valence-corrected chi connectivity index (χ4v) is 6.84. The summed E-state index contributed by atoms with van der Waals surface area (Å²) in [6, 6.07) is 10.9. The summed E-state index contributed by atoms with van der Waals surface area (Å²) in [5.74, 6) is 0.788. The van der Waals surface area contributed by atoms with Gasteiger partial charge in [-0.25, -0.2) is 23.4 Å². The molecule has 1 aliphatic heterocycles. The van der Waals surface area contributed by atoms with Crippen molar-refractivity contribution in [2.75, 3.05) is 6.54 Å². The van der Waals surface area contributed by atoms with Crippen LogP contribution in [0.4, 0.5) is 0 Å². The fraction of sp³-hybridized carbons (Fsp3) is 0.227. The summed E-state index contributed by atoms with van der Waals surface area (Å²) < 4.78 is 25.9. The zero-order valence-electron chi connectivity index (χ0n) is 16.9. The SMILES string of the molecule is Cc1ccc(S(=O)(=O)c2ncc(CN3CCc4nc(-c5cccs5)ncc4C3)s2)cc1. The van der Waals surface area contributed by atoms with Crippen molar-refractivity contribution in [3.8, 4) is 10.7 Å². The molecule has 0 saturated heterocycles. The molecule has 3 aromatic heterocycles. The maximum atomic E-state index is 12.9. The van der Waals surface area contributed by atoms with Crippen LogP contribution in [0.5, 0.6) is 0 Å². The lowest BCUT2D eigenvalue weighted by atomic mass is 10.1. The van der Waals surface area contributed by atoms with Gasteiger partial charge in [0.25, 0.3) is 0 Å². The summed E-state index contributed by atoms with van der Waals surface area (Å²) in [4.78, 5) is 18.1. The lowest BCUT2D eigenvalue weighted by molar-refractivity contribution is 0.245. The summed E-state index contributed by atoms with van der Waals surface area (Å²) in [5.41, 5.74) is 3.25. The van der Waals surface area contributed by atoms with Gasteiger partial charge < -0.3 is 0 Å². The average Bonchev–Trinajstić information content (AvgIpc) is 3.46. The number of fused-ring (bicyclic) bond motifs is 1. The molecule has 0 saturated carbocycles. The number of rotatable bonds is 5. The van der Waals surface area contributed by atoms with E-state index < -0.39 is 9.84 Å². The summed E-state index contributed by atoms with van der Waals surface area (Å²) in [6.45, 7) is 4.21. The average molecular weight is 469 g/mol. The van der Waals surface area contributed by atoms with E-state index in [0.717, 1.165) is 51.9 Å². The van der Waals surface area contributed by atoms with Gasteiger partial charge in [0.15, 0.2) is 5.82 Å². The zero-order valence-corrected chi connectivity index (χ0v) is 19.3. The van der Waals surface area contributed by atoms with Crippen LogP contribution < -0.4 is 0 Å². The molecule has 0 unspecified atom stereocenters. The molecule has 0 aliphatic carbocycles. The molecule has 1 aliphatic rings. The van der Waals surface area contributed by atoms with Crippen LogP contribution in [0, 0.1) is 6.92 Å². The Balaban J connectivity index is 1.30. The highest BCUT2D eigenvalue weighted by atomic mass is 32.2. The first-order valence-corrected chi connectivity index (χ1v) is 13.0. The van der Waals surface area contributed by atoms with Crippen LogP contribution in [-0.2, 0) is 29.3 Å². The number of benzene rings is 1. The van der Waals surface area contributed by atoms with Gasteiger partial charge in [-0.15, -0.1) is 22.7 Å². The maximum Gasteiger partial charge on any atom is 0.233 e. The molecule has 1 aromatic carbocycles. The number of thiazole rings is 1. The normalized spacial score (nSPS) is 14.5. The Morgan fingerprint density at radius 1 is 1.10 bits per heavy atom. The quantitative estimate of drug-likeness (QED) is 0.433. The van der Waals surface area contributed by atoms with Gasteiger partial charge in [0, 0.05) is 48.9 Å². The van der Waals surface area contributed by atoms with E-state index >= 15 is 0 Å². The van der Waals surface area contributed by atoms with Crippen LogP contribution in [0.2, 0.25) is 0 Å². The third-order valence-corrected chi connectivity index (χ3v) is 9.24. The molecule has 0 spiro atoms. The molecule has 4 aromatic rings. The topological polar surface area (TPSA) is 76.1 Å². The van der Waals surface area contributed by atoms with Gasteiger partial charge in [-0.05, 0) is 30.5 Å². The molecule has 6 nitrogen and oxygen atoms in total. The van der Waals surface area contributed by atoms with Crippen molar-refractivity contribution < 1.29 is 8.42 Å². The molecule has 0 fully saturated rings. The number of hydrogen-bond acceptors (Lipinski definition) is 8. The molecule has 158 valence electrons. The molecular formula is C22H20N4O2S3. The molecule has 0 N–H and O–H groups in total. The second kappa shape index (κ2) is 8.23. The molecular weight excluding hydrogens is 448 g/mol. The van der Waals surface area contributed by atoms with Crippen molar-refractivity contribution in [3.63, 3.8) is 0 Å². The van der Waals surface area contributed by atoms with Crippen molar-refractivity contribution >= 4 is 32.5 Å². The first kappa shape index (κ1) is 20.4. The molecule has 5 rings (SSSR count). The third-order valence-electron chi connectivity index (χ3n) is 5.23. The Morgan fingerprint density at radius 2 is 1.94 bits per heavy atom. The van der Waals surface area contributed by atoms with E-state index in [1.165, 1.54) is 11.3 Å². The molecule has 0 amide bonds. The van der Waals surface area contributed by atoms with Crippen molar-refractivity contribution in [3.05, 3.63) is 75.9 Å². The van der Waals surface area contributed by atoms with E-state index in [0.29, 0.717) is 6.54 Å². The highest BCUT2D eigenvalue weighted by Gasteiger charge is 2.24. The van der Waals surface area contributed by atoms with Gasteiger partial charge in [0.1, 0.15) is 0 Å². The van der Waals surface area contributed by atoms with Crippen LogP contribution >= 0.6 is 22.7 Å². The Kier molecular flexibility index (Phi) is 5.43. The fourth-order valence-electron chi connectivity index (χ4n) is 3.56. The van der Waals surface area contributed by atoms with E-state index in [1.807, 2.05) is 30.6 Å². The standard InChI is InChI=1S/C22H20N4O2S3/c1-15-4-6-18(7-5-15)31(27,28)22-24-12-17(30-22)14-26-9-8-19-16(13-26)11-23-21(25-19)20-3-2-10-29-20/h2-7,10-12H,8-9,13-14H2,1H3. The number of nitrogens with zero attached hydrogens (tertiary/aromatic N) is 4. The maximum absolute atomic E-state index is 12.9. The smallest absolute Gasteiger partial charge is 0.233 e. The summed E-state index contributed by atoms with van der Waals surface area (Å²) >= 11 is 2.89. The summed E-state index contributed by atoms with van der Waals surface area (Å²) in [7, 11) is -3.58. The number of aryl methyl sites for hydroxylation is 1. The highest BCUT2D eigenvalue weighted by Crippen LogP contribution is 2.28. The van der Waals surface area contributed by atoms with Crippen LogP contribution in [0.15, 0.2) is 63.4 Å². The van der Waals surface area contributed by atoms with Gasteiger partial charge in [0.05, 0.1) is 15.5 Å². The predicted octanol–water partition coefficient (Wildman–Crippen LogP) is 4.36. The predicted molar refractivity (Wildman–Crippen MR) is 122 cm³/mol. The van der Waals surface area contributed by atoms with E-state index in [-0.39, 0.29) is 9.24 Å². The summed E-state index contributed by atoms with van der Waals surface area (Å²) in [5, 5.41) is 2.03. The lowest BCUT2D eigenvalue weighted by Crippen LogP contribution is -2.30. The molecule has 0 bridgehead atoms. The second-order valence-corrected chi connectivity index (χ2v) is 11.7.